The maximum absolute atomic E-state index is 14.9. The Morgan fingerprint density at radius 3 is 2.13 bits per heavy atom. The van der Waals surface area contributed by atoms with E-state index < -0.39 is 29.6 Å². The molecule has 3 aliphatic rings. The van der Waals surface area contributed by atoms with Gasteiger partial charge in [0.25, 0.3) is 5.91 Å². The van der Waals surface area contributed by atoms with Crippen LogP contribution < -0.4 is 14.7 Å². The van der Waals surface area contributed by atoms with Gasteiger partial charge in [-0.2, -0.15) is 0 Å². The Hall–Kier alpha value is -3.47. The number of aliphatic hydroxyl groups is 1. The summed E-state index contributed by atoms with van der Waals surface area (Å²) in [5.41, 5.74) is 1.30. The van der Waals surface area contributed by atoms with Crippen molar-refractivity contribution in [1.82, 2.24) is 4.90 Å². The average molecular weight is 708 g/mol. The molecule has 2 aromatic carbocycles. The number of anilines is 3. The Bertz CT molecular complexity index is 1430. The molecule has 1 N–H and O–H groups in total. The highest BCUT2D eigenvalue weighted by Crippen LogP contribution is 2.60. The van der Waals surface area contributed by atoms with E-state index >= 15 is 0 Å². The number of hydrogen-bond donors (Lipinski definition) is 1. The number of carbonyl (C=O) groups is 3. The highest BCUT2D eigenvalue weighted by Gasteiger charge is 2.77. The summed E-state index contributed by atoms with van der Waals surface area (Å²) in [6.45, 7) is 14.7. The van der Waals surface area contributed by atoms with E-state index in [-0.39, 0.29) is 42.2 Å². The Morgan fingerprint density at radius 1 is 0.936 bits per heavy atom. The first-order valence-corrected chi connectivity index (χ1v) is 17.7. The van der Waals surface area contributed by atoms with Gasteiger partial charge in [-0.15, -0.1) is 13.2 Å². The summed E-state index contributed by atoms with van der Waals surface area (Å²) in [6.07, 6.45) is 5.15. The Kier molecular flexibility index (Phi) is 11.3. The maximum atomic E-state index is 14.9. The van der Waals surface area contributed by atoms with Crippen molar-refractivity contribution in [1.29, 1.82) is 0 Å². The van der Waals surface area contributed by atoms with Crippen LogP contribution in [-0.2, 0) is 19.1 Å². The second-order valence-corrected chi connectivity index (χ2v) is 13.7. The minimum atomic E-state index is -1.18. The molecule has 5 rings (SSSR count). The van der Waals surface area contributed by atoms with Crippen LogP contribution in [0, 0.1) is 11.8 Å². The SMILES string of the molecule is C=CCN(C(=O)C1N(CCCCCO)C(=O)[C@@H]2[C@@H](C(=O)N(CC=C)c3ccccc3)[C@@H]3OC12CC3Br)c1ccc(N(CC)CC)cc1. The van der Waals surface area contributed by atoms with Gasteiger partial charge in [-0.3, -0.25) is 14.4 Å². The highest BCUT2D eigenvalue weighted by atomic mass is 79.9. The summed E-state index contributed by atoms with van der Waals surface area (Å²) in [5.74, 6) is -2.28. The normalized spacial score (nSPS) is 25.8. The number of para-hydroxylation sites is 1. The summed E-state index contributed by atoms with van der Waals surface area (Å²) in [7, 11) is 0. The summed E-state index contributed by atoms with van der Waals surface area (Å²) >= 11 is 3.80. The van der Waals surface area contributed by atoms with Crippen molar-refractivity contribution < 1.29 is 24.2 Å². The average Bonchev–Trinajstić information content (AvgIpc) is 3.68. The zero-order chi connectivity index (χ0) is 33.7. The lowest BCUT2D eigenvalue weighted by Crippen LogP contribution is -2.57. The molecule has 3 aliphatic heterocycles. The highest BCUT2D eigenvalue weighted by molar-refractivity contribution is 9.09. The lowest BCUT2D eigenvalue weighted by molar-refractivity contribution is -0.140. The van der Waals surface area contributed by atoms with Crippen molar-refractivity contribution >= 4 is 50.7 Å². The van der Waals surface area contributed by atoms with Crippen LogP contribution in [0.3, 0.4) is 0 Å². The molecule has 1 spiro atoms. The molecule has 47 heavy (non-hydrogen) atoms. The zero-order valence-electron chi connectivity index (χ0n) is 27.5. The maximum Gasteiger partial charge on any atom is 0.253 e. The third kappa shape index (κ3) is 6.39. The van der Waals surface area contributed by atoms with Crippen LogP contribution in [0.2, 0.25) is 0 Å². The van der Waals surface area contributed by atoms with Gasteiger partial charge in [0, 0.05) is 61.2 Å². The lowest BCUT2D eigenvalue weighted by Gasteiger charge is -2.37. The molecular weight excluding hydrogens is 660 g/mol. The van der Waals surface area contributed by atoms with E-state index in [1.54, 1.807) is 26.9 Å². The summed E-state index contributed by atoms with van der Waals surface area (Å²) in [4.78, 5) is 51.0. The van der Waals surface area contributed by atoms with Gasteiger partial charge in [-0.1, -0.05) is 46.3 Å². The summed E-state index contributed by atoms with van der Waals surface area (Å²) in [5, 5.41) is 9.40. The lowest BCUT2D eigenvalue weighted by atomic mass is 9.70. The number of hydrogen-bond acceptors (Lipinski definition) is 6. The van der Waals surface area contributed by atoms with Gasteiger partial charge < -0.3 is 29.4 Å². The number of halogens is 1. The Labute approximate surface area is 287 Å². The topological polar surface area (TPSA) is 93.6 Å². The van der Waals surface area contributed by atoms with E-state index in [0.717, 1.165) is 18.8 Å². The monoisotopic (exact) mass is 706 g/mol. The van der Waals surface area contributed by atoms with Crippen molar-refractivity contribution in [3.63, 3.8) is 0 Å². The van der Waals surface area contributed by atoms with Crippen LogP contribution in [0.15, 0.2) is 79.9 Å². The van der Waals surface area contributed by atoms with Gasteiger partial charge in [0.05, 0.1) is 17.9 Å². The second kappa shape index (κ2) is 15.2. The molecule has 3 heterocycles. The quantitative estimate of drug-likeness (QED) is 0.147. The second-order valence-electron chi connectivity index (χ2n) is 12.5. The number of nitrogens with zero attached hydrogens (tertiary/aromatic N) is 4. The van der Waals surface area contributed by atoms with Crippen LogP contribution in [0.25, 0.3) is 0 Å². The van der Waals surface area contributed by atoms with Gasteiger partial charge >= 0.3 is 0 Å². The largest absolute Gasteiger partial charge is 0.396 e. The minimum absolute atomic E-state index is 0.0602. The molecule has 9 nitrogen and oxygen atoms in total. The third-order valence-corrected chi connectivity index (χ3v) is 10.7. The van der Waals surface area contributed by atoms with Crippen molar-refractivity contribution in [3.8, 4) is 0 Å². The Morgan fingerprint density at radius 2 is 1.53 bits per heavy atom. The molecule has 252 valence electrons. The molecule has 3 saturated heterocycles. The van der Waals surface area contributed by atoms with Crippen molar-refractivity contribution in [2.24, 2.45) is 11.8 Å². The number of likely N-dealkylation sites (tertiary alicyclic amines) is 1. The van der Waals surface area contributed by atoms with E-state index in [0.29, 0.717) is 43.6 Å². The molecule has 0 aliphatic carbocycles. The first kappa shape index (κ1) is 34.9. The molecule has 3 unspecified atom stereocenters. The number of alkyl halides is 1. The summed E-state index contributed by atoms with van der Waals surface area (Å²) < 4.78 is 6.80. The first-order valence-electron chi connectivity index (χ1n) is 16.8. The number of rotatable bonds is 16. The first-order chi connectivity index (χ1) is 22.8. The van der Waals surface area contributed by atoms with Gasteiger partial charge in [0.2, 0.25) is 11.8 Å². The van der Waals surface area contributed by atoms with Gasteiger partial charge in [-0.25, -0.2) is 0 Å². The molecule has 0 aromatic heterocycles. The fourth-order valence-electron chi connectivity index (χ4n) is 7.77. The van der Waals surface area contributed by atoms with Crippen LogP contribution in [-0.4, -0.2) is 89.6 Å². The van der Waals surface area contributed by atoms with Crippen LogP contribution in [0.5, 0.6) is 0 Å². The fraction of sp³-hybridized carbons (Fsp3) is 0.486. The number of fused-ring (bicyclic) bond motifs is 1. The molecular formula is C37H47BrN4O5. The number of aliphatic hydroxyl groups excluding tert-OH is 1. The number of amides is 3. The van der Waals surface area contributed by atoms with Crippen LogP contribution in [0.1, 0.15) is 39.5 Å². The van der Waals surface area contributed by atoms with E-state index in [4.69, 9.17) is 4.74 Å². The van der Waals surface area contributed by atoms with Crippen molar-refractivity contribution in [2.45, 2.75) is 62.1 Å². The van der Waals surface area contributed by atoms with E-state index in [2.05, 4.69) is 47.8 Å². The standard InChI is InChI=1S/C37H47BrN4O5/c1-5-21-40(27-15-11-9-12-16-27)34(44)30-31-35(45)42(23-13-10-14-24-43)33(37(31)25-29(38)32(30)47-37)36(46)41(22-6-2)28-19-17-26(18-20-28)39(7-3)8-4/h5-6,9,11-12,15-20,29-33,43H,1-2,7-8,10,13-14,21-25H2,3-4H3/t29?,30-,31+,32-,33?,37?/m1/s1. The van der Waals surface area contributed by atoms with Crippen LogP contribution >= 0.6 is 15.9 Å². The molecule has 2 bridgehead atoms. The van der Waals surface area contributed by atoms with Crippen LogP contribution in [0.4, 0.5) is 17.1 Å². The number of ether oxygens (including phenoxy) is 1. The Balaban J connectivity index is 1.54. The van der Waals surface area contributed by atoms with Crippen molar-refractivity contribution in [3.05, 3.63) is 79.9 Å². The smallest absolute Gasteiger partial charge is 0.253 e. The fourth-order valence-corrected chi connectivity index (χ4v) is 8.72. The van der Waals surface area contributed by atoms with Crippen molar-refractivity contribution in [2.75, 3.05) is 54.0 Å². The zero-order valence-corrected chi connectivity index (χ0v) is 29.1. The minimum Gasteiger partial charge on any atom is -0.396 e. The molecule has 3 fully saturated rings. The number of unbranched alkanes of at least 4 members (excludes halogenated alkanes) is 2. The van der Waals surface area contributed by atoms with E-state index in [1.165, 1.54) is 0 Å². The van der Waals surface area contributed by atoms with E-state index in [1.807, 2.05) is 54.6 Å². The molecule has 10 heteroatoms. The number of carbonyl (C=O) groups excluding carboxylic acids is 3. The predicted molar refractivity (Wildman–Crippen MR) is 190 cm³/mol. The molecule has 0 radical (unpaired) electrons. The predicted octanol–water partition coefficient (Wildman–Crippen LogP) is 5.18. The molecule has 6 atom stereocenters. The van der Waals surface area contributed by atoms with Gasteiger partial charge in [0.15, 0.2) is 0 Å². The number of benzene rings is 2. The molecule has 2 aromatic rings. The van der Waals surface area contributed by atoms with Gasteiger partial charge in [-0.05, 0) is 75.9 Å². The molecule has 0 saturated carbocycles. The third-order valence-electron chi connectivity index (χ3n) is 9.88. The molecule has 3 amide bonds. The summed E-state index contributed by atoms with van der Waals surface area (Å²) in [6, 6.07) is 16.3. The van der Waals surface area contributed by atoms with Gasteiger partial charge in [0.1, 0.15) is 11.6 Å². The van der Waals surface area contributed by atoms with E-state index in [9.17, 15) is 19.5 Å².